The largest absolute Gasteiger partial charge is 0.383 e. The van der Waals surface area contributed by atoms with Crippen molar-refractivity contribution in [3.05, 3.63) is 18.0 Å². The topological polar surface area (TPSA) is 68.2 Å². The van der Waals surface area contributed by atoms with Crippen molar-refractivity contribution in [2.45, 2.75) is 52.2 Å². The van der Waals surface area contributed by atoms with Gasteiger partial charge in [-0.2, -0.15) is 5.10 Å². The van der Waals surface area contributed by atoms with Crippen molar-refractivity contribution >= 4 is 6.03 Å². The van der Waals surface area contributed by atoms with Gasteiger partial charge in [-0.15, -0.1) is 0 Å². The maximum atomic E-state index is 12.0. The van der Waals surface area contributed by atoms with Crippen LogP contribution in [0.25, 0.3) is 0 Å². The lowest BCUT2D eigenvalue weighted by atomic mass is 9.80. The Labute approximate surface area is 132 Å². The van der Waals surface area contributed by atoms with Gasteiger partial charge in [0.05, 0.1) is 19.3 Å². The first-order valence-electron chi connectivity index (χ1n) is 8.13. The average Bonchev–Trinajstić information content (AvgIpc) is 2.94. The fourth-order valence-corrected chi connectivity index (χ4v) is 3.09. The third kappa shape index (κ3) is 5.02. The summed E-state index contributed by atoms with van der Waals surface area (Å²) in [5.74, 6) is 1.32. The van der Waals surface area contributed by atoms with Crippen LogP contribution >= 0.6 is 0 Å². The van der Waals surface area contributed by atoms with E-state index in [0.29, 0.717) is 25.1 Å². The van der Waals surface area contributed by atoms with Crippen LogP contribution < -0.4 is 10.6 Å². The lowest BCUT2D eigenvalue weighted by molar-refractivity contribution is 0.183. The lowest BCUT2D eigenvalue weighted by Gasteiger charge is -2.33. The molecule has 22 heavy (non-hydrogen) atoms. The van der Waals surface area contributed by atoms with E-state index in [-0.39, 0.29) is 6.03 Å². The molecule has 0 radical (unpaired) electrons. The first kappa shape index (κ1) is 16.8. The Morgan fingerprint density at radius 2 is 2.27 bits per heavy atom. The molecule has 1 aliphatic carbocycles. The number of rotatable bonds is 6. The van der Waals surface area contributed by atoms with Crippen molar-refractivity contribution in [2.24, 2.45) is 11.8 Å². The van der Waals surface area contributed by atoms with Crippen molar-refractivity contribution in [2.75, 3.05) is 13.7 Å². The molecule has 6 heteroatoms. The number of carbonyl (C=O) groups is 1. The van der Waals surface area contributed by atoms with Crippen LogP contribution in [0.15, 0.2) is 12.4 Å². The van der Waals surface area contributed by atoms with Crippen LogP contribution in [0.4, 0.5) is 4.79 Å². The molecule has 3 atom stereocenters. The van der Waals surface area contributed by atoms with E-state index in [1.54, 1.807) is 13.3 Å². The predicted octanol–water partition coefficient (Wildman–Crippen LogP) is 2.15. The molecule has 2 rings (SSSR count). The predicted molar refractivity (Wildman–Crippen MR) is 85.4 cm³/mol. The van der Waals surface area contributed by atoms with Crippen molar-refractivity contribution in [3.63, 3.8) is 0 Å². The van der Waals surface area contributed by atoms with E-state index in [2.05, 4.69) is 29.6 Å². The summed E-state index contributed by atoms with van der Waals surface area (Å²) in [6, 6.07) is 0.205. The summed E-state index contributed by atoms with van der Waals surface area (Å²) in [7, 11) is 1.67. The molecule has 1 heterocycles. The minimum absolute atomic E-state index is 0.0870. The molecule has 1 aromatic rings. The van der Waals surface area contributed by atoms with Gasteiger partial charge in [0.2, 0.25) is 0 Å². The second-order valence-corrected chi connectivity index (χ2v) is 6.43. The molecule has 2 amide bonds. The normalized spacial score (nSPS) is 25.0. The Hall–Kier alpha value is -1.56. The van der Waals surface area contributed by atoms with Crippen molar-refractivity contribution < 1.29 is 9.53 Å². The zero-order chi connectivity index (χ0) is 15.9. The van der Waals surface area contributed by atoms with Gasteiger partial charge < -0.3 is 15.4 Å². The van der Waals surface area contributed by atoms with E-state index in [1.165, 1.54) is 12.8 Å². The summed E-state index contributed by atoms with van der Waals surface area (Å²) in [4.78, 5) is 12.0. The maximum Gasteiger partial charge on any atom is 0.315 e. The Balaban J connectivity index is 1.72. The monoisotopic (exact) mass is 308 g/mol. The number of nitrogens with zero attached hydrogens (tertiary/aromatic N) is 2. The van der Waals surface area contributed by atoms with E-state index in [0.717, 1.165) is 24.4 Å². The molecule has 2 N–H and O–H groups in total. The summed E-state index contributed by atoms with van der Waals surface area (Å²) >= 11 is 0. The summed E-state index contributed by atoms with van der Waals surface area (Å²) in [5, 5.41) is 10.2. The number of amides is 2. The highest BCUT2D eigenvalue weighted by molar-refractivity contribution is 5.74. The van der Waals surface area contributed by atoms with Gasteiger partial charge in [-0.3, -0.25) is 4.68 Å². The Morgan fingerprint density at radius 1 is 1.45 bits per heavy atom. The second kappa shape index (κ2) is 8.17. The lowest BCUT2D eigenvalue weighted by Crippen LogP contribution is -2.46. The second-order valence-electron chi connectivity index (χ2n) is 6.43. The molecule has 0 aliphatic heterocycles. The number of nitrogens with one attached hydrogen (secondary N) is 2. The van der Waals surface area contributed by atoms with Gasteiger partial charge in [0, 0.05) is 31.5 Å². The molecule has 0 spiro atoms. The number of aromatic nitrogens is 2. The SMILES string of the molecule is COCCn1cc(CNC(=O)N[C@@H]2CC[C@@H](C)C[C@H]2C)cn1. The average molecular weight is 308 g/mol. The third-order valence-corrected chi connectivity index (χ3v) is 4.41. The summed E-state index contributed by atoms with van der Waals surface area (Å²) in [6.07, 6.45) is 7.18. The zero-order valence-electron chi connectivity index (χ0n) is 13.8. The van der Waals surface area contributed by atoms with Crippen molar-refractivity contribution in [3.8, 4) is 0 Å². The zero-order valence-corrected chi connectivity index (χ0v) is 13.8. The first-order chi connectivity index (χ1) is 10.6. The van der Waals surface area contributed by atoms with Crippen LogP contribution in [-0.2, 0) is 17.8 Å². The fourth-order valence-electron chi connectivity index (χ4n) is 3.09. The molecular weight excluding hydrogens is 280 g/mol. The number of hydrogen-bond acceptors (Lipinski definition) is 3. The van der Waals surface area contributed by atoms with Gasteiger partial charge in [0.15, 0.2) is 0 Å². The van der Waals surface area contributed by atoms with Crippen molar-refractivity contribution in [1.82, 2.24) is 20.4 Å². The molecule has 0 saturated heterocycles. The van der Waals surface area contributed by atoms with Gasteiger partial charge in [-0.05, 0) is 31.1 Å². The van der Waals surface area contributed by atoms with Crippen LogP contribution in [0.2, 0.25) is 0 Å². The van der Waals surface area contributed by atoms with Gasteiger partial charge in [0.1, 0.15) is 0 Å². The Kier molecular flexibility index (Phi) is 6.24. The van der Waals surface area contributed by atoms with Crippen LogP contribution in [0.5, 0.6) is 0 Å². The molecule has 0 bridgehead atoms. The van der Waals surface area contributed by atoms with E-state index in [4.69, 9.17) is 4.74 Å². The highest BCUT2D eigenvalue weighted by atomic mass is 16.5. The summed E-state index contributed by atoms with van der Waals surface area (Å²) in [5.41, 5.74) is 0.997. The van der Waals surface area contributed by atoms with Crippen molar-refractivity contribution in [1.29, 1.82) is 0 Å². The minimum Gasteiger partial charge on any atom is -0.383 e. The quantitative estimate of drug-likeness (QED) is 0.846. The van der Waals surface area contributed by atoms with Gasteiger partial charge in [0.25, 0.3) is 0 Å². The highest BCUT2D eigenvalue weighted by Crippen LogP contribution is 2.28. The molecule has 124 valence electrons. The summed E-state index contributed by atoms with van der Waals surface area (Å²) in [6.45, 7) is 6.36. The number of methoxy groups -OCH3 is 1. The van der Waals surface area contributed by atoms with Gasteiger partial charge in [-0.25, -0.2) is 4.79 Å². The van der Waals surface area contributed by atoms with E-state index in [9.17, 15) is 4.79 Å². The first-order valence-corrected chi connectivity index (χ1v) is 8.13. The molecule has 0 aromatic carbocycles. The van der Waals surface area contributed by atoms with E-state index >= 15 is 0 Å². The van der Waals surface area contributed by atoms with Crippen LogP contribution in [0, 0.1) is 11.8 Å². The van der Waals surface area contributed by atoms with Crippen LogP contribution in [0.3, 0.4) is 0 Å². The number of ether oxygens (including phenoxy) is 1. The van der Waals surface area contributed by atoms with Gasteiger partial charge in [-0.1, -0.05) is 13.8 Å². The Bertz CT molecular complexity index is 474. The van der Waals surface area contributed by atoms with Gasteiger partial charge >= 0.3 is 6.03 Å². The standard InChI is InChI=1S/C16H28N4O2/c1-12-4-5-15(13(2)8-12)19-16(21)17-9-14-10-18-20(11-14)6-7-22-3/h10-13,15H,4-9H2,1-3H3,(H2,17,19,21)/t12-,13-,15-/m1/s1. The molecule has 0 unspecified atom stereocenters. The molecule has 1 saturated carbocycles. The van der Waals surface area contributed by atoms with Crippen LogP contribution in [0.1, 0.15) is 38.7 Å². The molecule has 1 aliphatic rings. The maximum absolute atomic E-state index is 12.0. The molecule has 1 fully saturated rings. The number of hydrogen-bond donors (Lipinski definition) is 2. The molecular formula is C16H28N4O2. The summed E-state index contributed by atoms with van der Waals surface area (Å²) < 4.78 is 6.84. The highest BCUT2D eigenvalue weighted by Gasteiger charge is 2.26. The van der Waals surface area contributed by atoms with E-state index < -0.39 is 0 Å². The van der Waals surface area contributed by atoms with Crippen LogP contribution in [-0.4, -0.2) is 35.6 Å². The minimum atomic E-state index is -0.0870. The molecule has 1 aromatic heterocycles. The third-order valence-electron chi connectivity index (χ3n) is 4.41. The number of carbonyl (C=O) groups excluding carboxylic acids is 1. The smallest absolute Gasteiger partial charge is 0.315 e. The van der Waals surface area contributed by atoms with E-state index in [1.807, 2.05) is 10.9 Å². The Morgan fingerprint density at radius 3 is 3.00 bits per heavy atom. The molecule has 6 nitrogen and oxygen atoms in total. The number of urea groups is 1. The fraction of sp³-hybridized carbons (Fsp3) is 0.750.